The third kappa shape index (κ3) is 5.24. The summed E-state index contributed by atoms with van der Waals surface area (Å²) in [6.45, 7) is 0. The standard InChI is InChI=1S/C19H14FN5O2S2/c20-14-8-4-5-12(9-14)10-15(26)21-18-24-25-19(29-18)28-11-16-22-23-17(27-16)13-6-2-1-3-7-13/h1-9H,10-11H2,(H,21,24,26). The first-order chi connectivity index (χ1) is 14.2. The highest BCUT2D eigenvalue weighted by Gasteiger charge is 2.12. The average Bonchev–Trinajstić information content (AvgIpc) is 3.36. The van der Waals surface area contributed by atoms with Crippen LogP contribution in [0.5, 0.6) is 0 Å². The second kappa shape index (κ2) is 8.93. The first-order valence-electron chi connectivity index (χ1n) is 8.54. The molecular formula is C19H14FN5O2S2. The van der Waals surface area contributed by atoms with Crippen LogP contribution in [0.4, 0.5) is 9.52 Å². The SMILES string of the molecule is O=C(Cc1cccc(F)c1)Nc1nnc(SCc2nnc(-c3ccccc3)o2)s1. The quantitative estimate of drug-likeness (QED) is 0.349. The number of hydrogen-bond acceptors (Lipinski definition) is 8. The fraction of sp³-hybridized carbons (Fsp3) is 0.105. The van der Waals surface area contributed by atoms with Crippen LogP contribution in [0.2, 0.25) is 0 Å². The molecule has 0 bridgehead atoms. The lowest BCUT2D eigenvalue weighted by Gasteiger charge is -2.01. The molecule has 0 saturated carbocycles. The van der Waals surface area contributed by atoms with Gasteiger partial charge in [0.25, 0.3) is 0 Å². The molecule has 0 aliphatic heterocycles. The van der Waals surface area contributed by atoms with Gasteiger partial charge in [0.1, 0.15) is 5.82 Å². The van der Waals surface area contributed by atoms with Crippen molar-refractivity contribution in [1.82, 2.24) is 20.4 Å². The van der Waals surface area contributed by atoms with Crippen molar-refractivity contribution in [3.63, 3.8) is 0 Å². The fourth-order valence-corrected chi connectivity index (χ4v) is 4.05. The number of halogens is 1. The Morgan fingerprint density at radius 1 is 1.07 bits per heavy atom. The van der Waals surface area contributed by atoms with Crippen LogP contribution >= 0.6 is 23.1 Å². The van der Waals surface area contributed by atoms with E-state index in [4.69, 9.17) is 4.42 Å². The number of aromatic nitrogens is 4. The maximum atomic E-state index is 13.2. The molecule has 1 amide bonds. The van der Waals surface area contributed by atoms with Gasteiger partial charge >= 0.3 is 0 Å². The molecule has 0 radical (unpaired) electrons. The van der Waals surface area contributed by atoms with E-state index in [0.29, 0.717) is 32.6 Å². The molecule has 0 saturated heterocycles. The lowest BCUT2D eigenvalue weighted by Crippen LogP contribution is -2.14. The van der Waals surface area contributed by atoms with E-state index in [-0.39, 0.29) is 18.1 Å². The lowest BCUT2D eigenvalue weighted by molar-refractivity contribution is -0.115. The van der Waals surface area contributed by atoms with Crippen LogP contribution in [0.15, 0.2) is 63.4 Å². The second-order valence-corrected chi connectivity index (χ2v) is 8.08. The summed E-state index contributed by atoms with van der Waals surface area (Å²) in [6, 6.07) is 15.4. The number of hydrogen-bond donors (Lipinski definition) is 1. The van der Waals surface area contributed by atoms with E-state index in [0.717, 1.165) is 5.56 Å². The Kier molecular flexibility index (Phi) is 5.92. The summed E-state index contributed by atoms with van der Waals surface area (Å²) >= 11 is 2.63. The smallest absolute Gasteiger partial charge is 0.247 e. The first-order valence-corrected chi connectivity index (χ1v) is 10.3. The molecule has 0 atom stereocenters. The first kappa shape index (κ1) is 19.2. The molecule has 0 unspecified atom stereocenters. The molecule has 0 fully saturated rings. The minimum absolute atomic E-state index is 0.0596. The summed E-state index contributed by atoms with van der Waals surface area (Å²) < 4.78 is 19.5. The van der Waals surface area contributed by atoms with Crippen LogP contribution < -0.4 is 5.32 Å². The van der Waals surface area contributed by atoms with Gasteiger partial charge in [0.05, 0.1) is 12.2 Å². The molecule has 10 heteroatoms. The number of nitrogens with zero attached hydrogens (tertiary/aromatic N) is 4. The van der Waals surface area contributed by atoms with Crippen LogP contribution in [0, 0.1) is 5.82 Å². The van der Waals surface area contributed by atoms with Crippen molar-refractivity contribution in [2.24, 2.45) is 0 Å². The van der Waals surface area contributed by atoms with Gasteiger partial charge in [0.15, 0.2) is 4.34 Å². The van der Waals surface area contributed by atoms with Gasteiger partial charge in [-0.1, -0.05) is 53.4 Å². The highest BCUT2D eigenvalue weighted by Crippen LogP contribution is 2.29. The lowest BCUT2D eigenvalue weighted by atomic mass is 10.1. The molecular weight excluding hydrogens is 413 g/mol. The zero-order valence-corrected chi connectivity index (χ0v) is 16.5. The Morgan fingerprint density at radius 2 is 1.93 bits per heavy atom. The van der Waals surface area contributed by atoms with Crippen LogP contribution in [0.1, 0.15) is 11.5 Å². The Morgan fingerprint density at radius 3 is 2.76 bits per heavy atom. The van der Waals surface area contributed by atoms with Crippen LogP contribution in [0.3, 0.4) is 0 Å². The van der Waals surface area contributed by atoms with Crippen molar-refractivity contribution in [1.29, 1.82) is 0 Å². The van der Waals surface area contributed by atoms with Crippen molar-refractivity contribution in [2.45, 2.75) is 16.5 Å². The van der Waals surface area contributed by atoms with Crippen LogP contribution in [0.25, 0.3) is 11.5 Å². The summed E-state index contributed by atoms with van der Waals surface area (Å²) in [5.41, 5.74) is 1.45. The van der Waals surface area contributed by atoms with Crippen molar-refractivity contribution in [3.05, 3.63) is 71.9 Å². The van der Waals surface area contributed by atoms with Gasteiger partial charge in [0, 0.05) is 5.56 Å². The Bertz CT molecular complexity index is 1120. The van der Waals surface area contributed by atoms with E-state index >= 15 is 0 Å². The maximum absolute atomic E-state index is 13.2. The second-order valence-electron chi connectivity index (χ2n) is 5.88. The molecule has 0 aliphatic carbocycles. The molecule has 146 valence electrons. The highest BCUT2D eigenvalue weighted by atomic mass is 32.2. The topological polar surface area (TPSA) is 93.8 Å². The maximum Gasteiger partial charge on any atom is 0.247 e. The molecule has 0 aliphatic rings. The van der Waals surface area contributed by atoms with Crippen molar-refractivity contribution in [3.8, 4) is 11.5 Å². The summed E-state index contributed by atoms with van der Waals surface area (Å²) in [5, 5.41) is 19.1. The van der Waals surface area contributed by atoms with E-state index < -0.39 is 0 Å². The van der Waals surface area contributed by atoms with Gasteiger partial charge in [-0.05, 0) is 29.8 Å². The largest absolute Gasteiger partial charge is 0.420 e. The predicted molar refractivity (Wildman–Crippen MR) is 108 cm³/mol. The van der Waals surface area contributed by atoms with Gasteiger partial charge in [0.2, 0.25) is 22.8 Å². The van der Waals surface area contributed by atoms with Gasteiger partial charge in [-0.2, -0.15) is 0 Å². The molecule has 4 rings (SSSR count). The third-order valence-corrected chi connectivity index (χ3v) is 5.67. The number of benzene rings is 2. The third-order valence-electron chi connectivity index (χ3n) is 3.71. The number of rotatable bonds is 7. The zero-order chi connectivity index (χ0) is 20.1. The Balaban J connectivity index is 1.30. The Labute approximate surface area is 173 Å². The number of nitrogens with one attached hydrogen (secondary N) is 1. The Hall–Kier alpha value is -3.11. The fourth-order valence-electron chi connectivity index (χ4n) is 2.45. The molecule has 1 N–H and O–H groups in total. The van der Waals surface area contributed by atoms with E-state index in [1.165, 1.54) is 35.2 Å². The van der Waals surface area contributed by atoms with Crippen molar-refractivity contribution >= 4 is 34.1 Å². The van der Waals surface area contributed by atoms with Gasteiger partial charge in [-0.25, -0.2) is 4.39 Å². The van der Waals surface area contributed by atoms with E-state index in [1.807, 2.05) is 30.3 Å². The minimum atomic E-state index is -0.374. The molecule has 2 aromatic heterocycles. The number of carbonyl (C=O) groups is 1. The van der Waals surface area contributed by atoms with E-state index in [9.17, 15) is 9.18 Å². The summed E-state index contributed by atoms with van der Waals surface area (Å²) in [4.78, 5) is 12.1. The van der Waals surface area contributed by atoms with E-state index in [1.54, 1.807) is 12.1 Å². The number of anilines is 1. The number of thioether (sulfide) groups is 1. The van der Waals surface area contributed by atoms with Gasteiger partial charge < -0.3 is 9.73 Å². The number of amides is 1. The van der Waals surface area contributed by atoms with Crippen molar-refractivity contribution < 1.29 is 13.6 Å². The zero-order valence-electron chi connectivity index (χ0n) is 14.9. The van der Waals surface area contributed by atoms with Crippen molar-refractivity contribution in [2.75, 3.05) is 5.32 Å². The predicted octanol–water partition coefficient (Wildman–Crippen LogP) is 4.20. The van der Waals surface area contributed by atoms with Gasteiger partial charge in [-0.15, -0.1) is 20.4 Å². The molecule has 4 aromatic rings. The molecule has 2 aromatic carbocycles. The van der Waals surface area contributed by atoms with Gasteiger partial charge in [-0.3, -0.25) is 4.79 Å². The molecule has 2 heterocycles. The van der Waals surface area contributed by atoms with E-state index in [2.05, 4.69) is 25.7 Å². The monoisotopic (exact) mass is 427 g/mol. The molecule has 0 spiro atoms. The summed E-state index contributed by atoms with van der Waals surface area (Å²) in [5.74, 6) is 0.713. The average molecular weight is 427 g/mol. The molecule has 29 heavy (non-hydrogen) atoms. The normalized spacial score (nSPS) is 10.8. The highest BCUT2D eigenvalue weighted by molar-refractivity contribution is 8.00. The number of carbonyl (C=O) groups excluding carboxylic acids is 1. The minimum Gasteiger partial charge on any atom is -0.420 e. The van der Waals surface area contributed by atoms with Crippen LogP contribution in [-0.2, 0) is 17.0 Å². The summed E-state index contributed by atoms with van der Waals surface area (Å²) in [6.07, 6.45) is 0.0596. The van der Waals surface area contributed by atoms with Crippen LogP contribution in [-0.4, -0.2) is 26.3 Å². The molecule has 7 nitrogen and oxygen atoms in total. The summed E-state index contributed by atoms with van der Waals surface area (Å²) in [7, 11) is 0.